The zero-order valence-corrected chi connectivity index (χ0v) is 23.9. The molecular weight excluding hydrogens is 529 g/mol. The normalized spacial score (nSPS) is 12.3. The van der Waals surface area contributed by atoms with Crippen LogP contribution < -0.4 is 30.4 Å². The molecule has 2 aromatic carbocycles. The van der Waals surface area contributed by atoms with E-state index in [0.717, 1.165) is 18.4 Å². The van der Waals surface area contributed by atoms with Gasteiger partial charge in [-0.05, 0) is 63.6 Å². The molecule has 0 radical (unpaired) electrons. The van der Waals surface area contributed by atoms with Crippen LogP contribution in [0.2, 0.25) is 5.02 Å². The molecule has 1 fully saturated rings. The number of carbonyl (C=O) groups is 1. The first-order chi connectivity index (χ1) is 18.2. The molecule has 0 saturated heterocycles. The third-order valence-corrected chi connectivity index (χ3v) is 6.56. The van der Waals surface area contributed by atoms with Crippen LogP contribution in [0.15, 0.2) is 41.2 Å². The van der Waals surface area contributed by atoms with E-state index < -0.39 is 11.7 Å². The standard InChI is InChI=1S/C25H27ClFN5O3S.C2H6/c1-13-5-10-19(18(27)11-13)30-23-21(24(33)29-15-6-7-15)22(14(2)25(34)32(23)4)35-16-8-9-17(26)20(12-16)31-36-28-3;1-2/h5,8-12,15,28,30-31H,6-7H2,1-4H3,(H,29,33);1-2H3. The average molecular weight is 562 g/mol. The van der Waals surface area contributed by atoms with Crippen molar-refractivity contribution in [2.45, 2.75) is 46.6 Å². The van der Waals surface area contributed by atoms with Crippen LogP contribution in [0.1, 0.15) is 48.2 Å². The third-order valence-electron chi connectivity index (χ3n) is 5.70. The van der Waals surface area contributed by atoms with Crippen molar-refractivity contribution >= 4 is 46.8 Å². The lowest BCUT2D eigenvalue weighted by Gasteiger charge is -2.21. The summed E-state index contributed by atoms with van der Waals surface area (Å²) in [6, 6.07) is 9.69. The third kappa shape index (κ3) is 6.80. The molecule has 1 saturated carbocycles. The molecule has 11 heteroatoms. The van der Waals surface area contributed by atoms with Crippen molar-refractivity contribution in [3.05, 3.63) is 74.3 Å². The Bertz CT molecular complexity index is 1380. The topological polar surface area (TPSA) is 96.4 Å². The molecule has 0 unspecified atom stereocenters. The highest BCUT2D eigenvalue weighted by Crippen LogP contribution is 2.37. The number of nitrogens with zero attached hydrogens (tertiary/aromatic N) is 1. The molecular formula is C27H33ClFN5O3S. The van der Waals surface area contributed by atoms with Gasteiger partial charge in [-0.3, -0.25) is 14.2 Å². The molecule has 8 nitrogen and oxygen atoms in total. The molecule has 0 bridgehead atoms. The fourth-order valence-corrected chi connectivity index (χ4v) is 4.20. The van der Waals surface area contributed by atoms with Gasteiger partial charge < -0.3 is 20.1 Å². The number of benzene rings is 2. The van der Waals surface area contributed by atoms with Gasteiger partial charge in [-0.15, -0.1) is 0 Å². The van der Waals surface area contributed by atoms with Crippen LogP contribution in [-0.4, -0.2) is 23.6 Å². The lowest BCUT2D eigenvalue weighted by atomic mass is 10.1. The highest BCUT2D eigenvalue weighted by atomic mass is 35.5. The number of anilines is 3. The van der Waals surface area contributed by atoms with Gasteiger partial charge in [-0.25, -0.2) is 9.11 Å². The molecule has 1 amide bonds. The maximum Gasteiger partial charge on any atom is 0.259 e. The van der Waals surface area contributed by atoms with Crippen molar-refractivity contribution in [1.29, 1.82) is 0 Å². The first-order valence-corrected chi connectivity index (χ1v) is 13.5. The van der Waals surface area contributed by atoms with Crippen molar-refractivity contribution in [1.82, 2.24) is 14.6 Å². The molecule has 1 aromatic heterocycles. The first kappa shape index (κ1) is 29.3. The molecule has 3 aromatic rings. The Kier molecular flexibility index (Phi) is 10.1. The lowest BCUT2D eigenvalue weighted by molar-refractivity contribution is 0.0948. The van der Waals surface area contributed by atoms with E-state index in [9.17, 15) is 14.0 Å². The Hall–Kier alpha value is -3.21. The summed E-state index contributed by atoms with van der Waals surface area (Å²) in [5, 5.41) is 6.38. The van der Waals surface area contributed by atoms with E-state index in [1.807, 2.05) is 13.8 Å². The van der Waals surface area contributed by atoms with Gasteiger partial charge in [-0.1, -0.05) is 31.5 Å². The molecule has 1 aliphatic carbocycles. The SMILES string of the molecule is CC.CNSNc1cc(Oc2c(C(=O)NC3CC3)c(Nc3ccc(C)cc3F)n(C)c(=O)c2C)ccc1Cl. The summed E-state index contributed by atoms with van der Waals surface area (Å²) in [7, 11) is 3.28. The Morgan fingerprint density at radius 2 is 1.84 bits per heavy atom. The molecule has 38 heavy (non-hydrogen) atoms. The Morgan fingerprint density at radius 1 is 1.13 bits per heavy atom. The quantitative estimate of drug-likeness (QED) is 0.223. The predicted molar refractivity (Wildman–Crippen MR) is 154 cm³/mol. The van der Waals surface area contributed by atoms with Gasteiger partial charge in [0.25, 0.3) is 11.5 Å². The summed E-state index contributed by atoms with van der Waals surface area (Å²) < 4.78 is 28.1. The van der Waals surface area contributed by atoms with Crippen LogP contribution in [-0.2, 0) is 7.05 Å². The molecule has 4 N–H and O–H groups in total. The maximum atomic E-state index is 14.7. The van der Waals surface area contributed by atoms with Crippen LogP contribution in [0.3, 0.4) is 0 Å². The Morgan fingerprint density at radius 3 is 2.47 bits per heavy atom. The van der Waals surface area contributed by atoms with Crippen LogP contribution in [0.4, 0.5) is 21.6 Å². The molecule has 4 rings (SSSR count). The van der Waals surface area contributed by atoms with Gasteiger partial charge in [0.2, 0.25) is 0 Å². The molecule has 1 aliphatic rings. The van der Waals surface area contributed by atoms with Gasteiger partial charge in [0, 0.05) is 31.3 Å². The first-order valence-electron chi connectivity index (χ1n) is 12.3. The van der Waals surface area contributed by atoms with Gasteiger partial charge >= 0.3 is 0 Å². The number of amides is 1. The second kappa shape index (κ2) is 13.0. The number of aromatic nitrogens is 1. The fraction of sp³-hybridized carbons (Fsp3) is 0.333. The van der Waals surface area contributed by atoms with Crippen LogP contribution in [0.25, 0.3) is 0 Å². The van der Waals surface area contributed by atoms with Gasteiger partial charge in [0.15, 0.2) is 5.75 Å². The Balaban J connectivity index is 0.00000195. The predicted octanol–water partition coefficient (Wildman–Crippen LogP) is 6.44. The second-order valence-corrected chi connectivity index (χ2v) is 9.77. The summed E-state index contributed by atoms with van der Waals surface area (Å²) in [6.07, 6.45) is 1.74. The second-order valence-electron chi connectivity index (χ2n) is 8.55. The fourth-order valence-electron chi connectivity index (χ4n) is 3.60. The molecule has 0 spiro atoms. The summed E-state index contributed by atoms with van der Waals surface area (Å²) in [5.74, 6) is -0.350. The number of aryl methyl sites for hydroxylation is 1. The van der Waals surface area contributed by atoms with E-state index in [-0.39, 0.29) is 40.0 Å². The highest BCUT2D eigenvalue weighted by molar-refractivity contribution is 7.98. The van der Waals surface area contributed by atoms with Crippen molar-refractivity contribution < 1.29 is 13.9 Å². The molecule has 0 atom stereocenters. The monoisotopic (exact) mass is 561 g/mol. The van der Waals surface area contributed by atoms with E-state index in [2.05, 4.69) is 20.1 Å². The maximum absolute atomic E-state index is 14.7. The van der Waals surface area contributed by atoms with E-state index in [1.165, 1.54) is 29.8 Å². The van der Waals surface area contributed by atoms with Crippen LogP contribution in [0.5, 0.6) is 11.5 Å². The number of carbonyl (C=O) groups excluding carboxylic acids is 1. The van der Waals surface area contributed by atoms with E-state index in [0.29, 0.717) is 16.5 Å². The van der Waals surface area contributed by atoms with Crippen LogP contribution in [0, 0.1) is 19.7 Å². The van der Waals surface area contributed by atoms with Crippen molar-refractivity contribution in [3.8, 4) is 11.5 Å². The van der Waals surface area contributed by atoms with Crippen molar-refractivity contribution in [3.63, 3.8) is 0 Å². The smallest absolute Gasteiger partial charge is 0.259 e. The molecule has 204 valence electrons. The van der Waals surface area contributed by atoms with E-state index in [1.54, 1.807) is 51.2 Å². The Labute approximate surface area is 231 Å². The summed E-state index contributed by atoms with van der Waals surface area (Å²) in [5.41, 5.74) is 1.42. The number of hydrogen-bond donors (Lipinski definition) is 4. The zero-order valence-electron chi connectivity index (χ0n) is 22.3. The number of hydrogen-bond acceptors (Lipinski definition) is 7. The van der Waals surface area contributed by atoms with Gasteiger partial charge in [0.05, 0.1) is 22.0 Å². The summed E-state index contributed by atoms with van der Waals surface area (Å²) in [4.78, 5) is 26.6. The van der Waals surface area contributed by atoms with Gasteiger partial charge in [-0.2, -0.15) is 0 Å². The number of ether oxygens (including phenoxy) is 1. The average Bonchev–Trinajstić information content (AvgIpc) is 3.72. The van der Waals surface area contributed by atoms with E-state index in [4.69, 9.17) is 16.3 Å². The minimum absolute atomic E-state index is 0.0526. The summed E-state index contributed by atoms with van der Waals surface area (Å²) >= 11 is 7.50. The zero-order chi connectivity index (χ0) is 28.0. The number of nitrogens with one attached hydrogen (secondary N) is 4. The largest absolute Gasteiger partial charge is 0.456 e. The highest BCUT2D eigenvalue weighted by Gasteiger charge is 2.30. The van der Waals surface area contributed by atoms with E-state index >= 15 is 0 Å². The lowest BCUT2D eigenvalue weighted by Crippen LogP contribution is -2.31. The van der Waals surface area contributed by atoms with Gasteiger partial charge in [0.1, 0.15) is 22.9 Å². The van der Waals surface area contributed by atoms with Crippen molar-refractivity contribution in [2.24, 2.45) is 7.05 Å². The summed E-state index contributed by atoms with van der Waals surface area (Å²) in [6.45, 7) is 7.37. The van der Waals surface area contributed by atoms with Crippen LogP contribution >= 0.6 is 23.7 Å². The van der Waals surface area contributed by atoms with Crippen molar-refractivity contribution in [2.75, 3.05) is 17.1 Å². The number of halogens is 2. The molecule has 1 heterocycles. The number of pyridine rings is 1. The minimum atomic E-state index is -0.505. The minimum Gasteiger partial charge on any atom is -0.456 e. The number of rotatable bonds is 9. The molecule has 0 aliphatic heterocycles.